The Labute approximate surface area is 121 Å². The number of pyridine rings is 1. The predicted octanol–water partition coefficient (Wildman–Crippen LogP) is 2.54. The van der Waals surface area contributed by atoms with Gasteiger partial charge in [-0.15, -0.1) is 0 Å². The fraction of sp³-hybridized carbons (Fsp3) is 0.571. The van der Waals surface area contributed by atoms with Crippen molar-refractivity contribution in [1.82, 2.24) is 4.98 Å². The highest BCUT2D eigenvalue weighted by Crippen LogP contribution is 2.48. The molecule has 21 heavy (non-hydrogen) atoms. The first kappa shape index (κ1) is 13.8. The zero-order valence-corrected chi connectivity index (χ0v) is 11.5. The van der Waals surface area contributed by atoms with Gasteiger partial charge in [0.15, 0.2) is 0 Å². The average molecular weight is 291 g/mol. The lowest BCUT2D eigenvalue weighted by atomic mass is 9.89. The van der Waals surface area contributed by atoms with E-state index in [0.29, 0.717) is 11.7 Å². The Balaban J connectivity index is 1.69. The molecule has 0 radical (unpaired) electrons. The Morgan fingerprint density at radius 3 is 2.86 bits per heavy atom. The second kappa shape index (κ2) is 5.31. The Hall–Kier alpha value is -2.18. The van der Waals surface area contributed by atoms with Gasteiger partial charge in [-0.05, 0) is 37.0 Å². The maximum Gasteiger partial charge on any atom is 0.342 e. The molecule has 1 aromatic heterocycles. The predicted molar refractivity (Wildman–Crippen MR) is 75.3 cm³/mol. The van der Waals surface area contributed by atoms with Crippen LogP contribution in [0.3, 0.4) is 0 Å². The van der Waals surface area contributed by atoms with Gasteiger partial charge in [0.2, 0.25) is 0 Å². The standard InChI is InChI=1S/C14H17N3O4/c18-14(19)11-5-13(16-7-12(11)17(20)21)15-6-10-4-8-1-2-9(10)3-8/h5,7-10H,1-4,6H2,(H,15,16)(H,18,19). The first-order chi connectivity index (χ1) is 10.0. The van der Waals surface area contributed by atoms with Gasteiger partial charge in [-0.25, -0.2) is 9.78 Å². The van der Waals surface area contributed by atoms with Gasteiger partial charge >= 0.3 is 11.7 Å². The molecule has 3 atom stereocenters. The molecule has 7 heteroatoms. The van der Waals surface area contributed by atoms with Crippen molar-refractivity contribution in [2.75, 3.05) is 11.9 Å². The number of anilines is 1. The largest absolute Gasteiger partial charge is 0.477 e. The summed E-state index contributed by atoms with van der Waals surface area (Å²) in [5, 5.41) is 23.0. The van der Waals surface area contributed by atoms with E-state index in [0.717, 1.165) is 24.6 Å². The van der Waals surface area contributed by atoms with Crippen molar-refractivity contribution < 1.29 is 14.8 Å². The van der Waals surface area contributed by atoms with E-state index >= 15 is 0 Å². The van der Waals surface area contributed by atoms with Gasteiger partial charge in [-0.3, -0.25) is 10.1 Å². The average Bonchev–Trinajstić information content (AvgIpc) is 3.07. The van der Waals surface area contributed by atoms with Gasteiger partial charge in [0, 0.05) is 12.6 Å². The number of hydrogen-bond donors (Lipinski definition) is 2. The van der Waals surface area contributed by atoms with Crippen molar-refractivity contribution in [2.24, 2.45) is 17.8 Å². The maximum absolute atomic E-state index is 11.1. The number of fused-ring (bicyclic) bond motifs is 2. The molecule has 0 saturated heterocycles. The zero-order chi connectivity index (χ0) is 15.0. The van der Waals surface area contributed by atoms with Crippen LogP contribution in [-0.4, -0.2) is 27.5 Å². The molecule has 2 aliphatic rings. The SMILES string of the molecule is O=C(O)c1cc(NCC2CC3CCC2C3)ncc1[N+](=O)[O-]. The Morgan fingerprint density at radius 2 is 2.29 bits per heavy atom. The van der Waals surface area contributed by atoms with Gasteiger partial charge in [0.05, 0.1) is 4.92 Å². The van der Waals surface area contributed by atoms with Crippen molar-refractivity contribution in [3.63, 3.8) is 0 Å². The molecular formula is C14H17N3O4. The van der Waals surface area contributed by atoms with E-state index in [4.69, 9.17) is 5.11 Å². The summed E-state index contributed by atoms with van der Waals surface area (Å²) in [4.78, 5) is 25.1. The van der Waals surface area contributed by atoms with E-state index < -0.39 is 16.6 Å². The molecule has 1 aromatic rings. The van der Waals surface area contributed by atoms with Crippen LogP contribution in [0.4, 0.5) is 11.5 Å². The molecule has 3 rings (SSSR count). The highest BCUT2D eigenvalue weighted by atomic mass is 16.6. The molecule has 2 N–H and O–H groups in total. The number of hydrogen-bond acceptors (Lipinski definition) is 5. The van der Waals surface area contributed by atoms with E-state index in [1.165, 1.54) is 31.7 Å². The highest BCUT2D eigenvalue weighted by Gasteiger charge is 2.39. The molecular weight excluding hydrogens is 274 g/mol. The van der Waals surface area contributed by atoms with Crippen LogP contribution in [0.1, 0.15) is 36.0 Å². The number of carbonyl (C=O) groups is 1. The number of nitrogens with zero attached hydrogens (tertiary/aromatic N) is 2. The fourth-order valence-electron chi connectivity index (χ4n) is 3.72. The van der Waals surface area contributed by atoms with E-state index in [1.54, 1.807) is 0 Å². The van der Waals surface area contributed by atoms with Crippen LogP contribution in [0.2, 0.25) is 0 Å². The van der Waals surface area contributed by atoms with Crippen LogP contribution < -0.4 is 5.32 Å². The number of nitro groups is 1. The molecule has 2 fully saturated rings. The first-order valence-electron chi connectivity index (χ1n) is 7.16. The molecule has 112 valence electrons. The number of aromatic nitrogens is 1. The van der Waals surface area contributed by atoms with Crippen LogP contribution in [0.5, 0.6) is 0 Å². The number of carboxylic acids is 1. The van der Waals surface area contributed by atoms with Crippen molar-refractivity contribution in [2.45, 2.75) is 25.7 Å². The van der Waals surface area contributed by atoms with E-state index in [2.05, 4.69) is 10.3 Å². The molecule has 0 aliphatic heterocycles. The summed E-state index contributed by atoms with van der Waals surface area (Å²) in [6.45, 7) is 0.755. The molecule has 1 heterocycles. The highest BCUT2D eigenvalue weighted by molar-refractivity contribution is 5.93. The summed E-state index contributed by atoms with van der Waals surface area (Å²) in [6, 6.07) is 1.24. The van der Waals surface area contributed by atoms with Crippen molar-refractivity contribution in [3.05, 3.63) is 27.9 Å². The van der Waals surface area contributed by atoms with E-state index in [1.807, 2.05) is 0 Å². The molecule has 0 amide bonds. The number of nitrogens with one attached hydrogen (secondary N) is 1. The number of carboxylic acid groups (broad SMARTS) is 1. The molecule has 3 unspecified atom stereocenters. The Kier molecular flexibility index (Phi) is 3.48. The van der Waals surface area contributed by atoms with Crippen LogP contribution in [-0.2, 0) is 0 Å². The van der Waals surface area contributed by atoms with Gasteiger partial charge in [0.1, 0.15) is 17.6 Å². The van der Waals surface area contributed by atoms with Crippen molar-refractivity contribution in [3.8, 4) is 0 Å². The molecule has 0 spiro atoms. The summed E-state index contributed by atoms with van der Waals surface area (Å²) < 4.78 is 0. The Morgan fingerprint density at radius 1 is 1.48 bits per heavy atom. The lowest BCUT2D eigenvalue weighted by Crippen LogP contribution is -2.20. The third-order valence-electron chi connectivity index (χ3n) is 4.74. The summed E-state index contributed by atoms with van der Waals surface area (Å²) in [5.41, 5.74) is -0.807. The van der Waals surface area contributed by atoms with Crippen LogP contribution in [0.25, 0.3) is 0 Å². The number of aromatic carboxylic acids is 1. The van der Waals surface area contributed by atoms with Crippen molar-refractivity contribution in [1.29, 1.82) is 0 Å². The molecule has 2 aliphatic carbocycles. The van der Waals surface area contributed by atoms with Gasteiger partial charge in [-0.1, -0.05) is 6.42 Å². The van der Waals surface area contributed by atoms with Crippen LogP contribution in [0.15, 0.2) is 12.3 Å². The minimum Gasteiger partial charge on any atom is -0.477 e. The van der Waals surface area contributed by atoms with Crippen LogP contribution >= 0.6 is 0 Å². The topological polar surface area (TPSA) is 105 Å². The minimum atomic E-state index is -1.31. The fourth-order valence-corrected chi connectivity index (χ4v) is 3.72. The number of rotatable bonds is 5. The lowest BCUT2D eigenvalue weighted by Gasteiger charge is -2.22. The maximum atomic E-state index is 11.1. The summed E-state index contributed by atoms with van der Waals surface area (Å²) >= 11 is 0. The van der Waals surface area contributed by atoms with Crippen LogP contribution in [0, 0.1) is 27.9 Å². The van der Waals surface area contributed by atoms with E-state index in [-0.39, 0.29) is 5.56 Å². The van der Waals surface area contributed by atoms with Gasteiger partial charge < -0.3 is 10.4 Å². The molecule has 7 nitrogen and oxygen atoms in total. The quantitative estimate of drug-likeness (QED) is 0.638. The molecule has 0 aromatic carbocycles. The lowest BCUT2D eigenvalue weighted by molar-refractivity contribution is -0.385. The molecule has 2 saturated carbocycles. The third kappa shape index (κ3) is 2.68. The normalized spacial score (nSPS) is 26.8. The second-order valence-electron chi connectivity index (χ2n) is 5.96. The minimum absolute atomic E-state index is 0.328. The summed E-state index contributed by atoms with van der Waals surface area (Å²) in [7, 11) is 0. The zero-order valence-electron chi connectivity index (χ0n) is 11.5. The van der Waals surface area contributed by atoms with Gasteiger partial charge in [-0.2, -0.15) is 0 Å². The monoisotopic (exact) mass is 291 g/mol. The van der Waals surface area contributed by atoms with Crippen molar-refractivity contribution >= 4 is 17.5 Å². The third-order valence-corrected chi connectivity index (χ3v) is 4.74. The van der Waals surface area contributed by atoms with E-state index in [9.17, 15) is 14.9 Å². The summed E-state index contributed by atoms with van der Waals surface area (Å²) in [5.74, 6) is 1.29. The smallest absolute Gasteiger partial charge is 0.342 e. The first-order valence-corrected chi connectivity index (χ1v) is 7.16. The summed E-state index contributed by atoms with van der Waals surface area (Å²) in [6.07, 6.45) is 6.15. The Bertz CT molecular complexity index is 590. The second-order valence-corrected chi connectivity index (χ2v) is 5.96. The molecule has 2 bridgehead atoms. The van der Waals surface area contributed by atoms with Gasteiger partial charge in [0.25, 0.3) is 0 Å².